The number of alkyl halides is 3. The normalized spacial score (nSPS) is 15.2. The van der Waals surface area contributed by atoms with Gasteiger partial charge in [-0.1, -0.05) is 93.6 Å². The van der Waals surface area contributed by atoms with E-state index in [0.717, 1.165) is 28.8 Å². The van der Waals surface area contributed by atoms with E-state index in [0.29, 0.717) is 35.4 Å². The van der Waals surface area contributed by atoms with Crippen molar-refractivity contribution >= 4 is 17.8 Å². The van der Waals surface area contributed by atoms with Gasteiger partial charge in [0.1, 0.15) is 18.4 Å². The van der Waals surface area contributed by atoms with E-state index in [1.165, 1.54) is 12.1 Å². The number of nitrogens with one attached hydrogen (secondary N) is 1. The van der Waals surface area contributed by atoms with E-state index >= 15 is 0 Å². The van der Waals surface area contributed by atoms with E-state index in [9.17, 15) is 32.7 Å². The van der Waals surface area contributed by atoms with Crippen molar-refractivity contribution in [1.82, 2.24) is 10.2 Å². The third kappa shape index (κ3) is 9.07. The second-order valence-electron chi connectivity index (χ2n) is 13.5. The minimum absolute atomic E-state index is 0.0138. The first-order valence-electron chi connectivity index (χ1n) is 16.1. The van der Waals surface area contributed by atoms with Crippen LogP contribution in [-0.2, 0) is 33.6 Å². The lowest BCUT2D eigenvalue weighted by Crippen LogP contribution is -2.48. The summed E-state index contributed by atoms with van der Waals surface area (Å²) in [6, 6.07) is 25.0. The molecule has 0 bridgehead atoms. The van der Waals surface area contributed by atoms with Crippen molar-refractivity contribution in [2.45, 2.75) is 64.9 Å². The van der Waals surface area contributed by atoms with Gasteiger partial charge < -0.3 is 20.1 Å². The summed E-state index contributed by atoms with van der Waals surface area (Å²) >= 11 is 0. The molecule has 5 rings (SSSR count). The molecule has 1 aliphatic heterocycles. The summed E-state index contributed by atoms with van der Waals surface area (Å²) in [5, 5.41) is 12.7. The number of rotatable bonds is 10. The van der Waals surface area contributed by atoms with Gasteiger partial charge in [-0.25, -0.2) is 0 Å². The summed E-state index contributed by atoms with van der Waals surface area (Å²) < 4.78 is 45.0. The van der Waals surface area contributed by atoms with Gasteiger partial charge in [-0.05, 0) is 69.5 Å². The van der Waals surface area contributed by atoms with Crippen molar-refractivity contribution in [2.75, 3.05) is 6.54 Å². The number of hydrogen-bond acceptors (Lipinski definition) is 4. The van der Waals surface area contributed by atoms with E-state index in [4.69, 9.17) is 4.74 Å². The summed E-state index contributed by atoms with van der Waals surface area (Å²) in [5.74, 6) is -1.46. The molecule has 0 aromatic heterocycles. The molecule has 1 aliphatic rings. The van der Waals surface area contributed by atoms with Gasteiger partial charge in [0.05, 0.1) is 18.0 Å². The molecule has 0 radical (unpaired) electrons. The quantitative estimate of drug-likeness (QED) is 0.177. The molecule has 0 spiro atoms. The maximum Gasteiger partial charge on any atom is 0.416 e. The number of hydrogen-bond donors (Lipinski definition) is 2. The van der Waals surface area contributed by atoms with Crippen LogP contribution in [0.5, 0.6) is 5.75 Å². The van der Waals surface area contributed by atoms with Crippen molar-refractivity contribution in [2.24, 2.45) is 5.41 Å². The first kappa shape index (κ1) is 35.2. The predicted molar refractivity (Wildman–Crippen MR) is 179 cm³/mol. The molecule has 2 unspecified atom stereocenters. The predicted octanol–water partition coefficient (Wildman–Crippen LogP) is 8.15. The maximum absolute atomic E-state index is 14.3. The molecule has 1 heterocycles. The Kier molecular flexibility index (Phi) is 10.5. The second kappa shape index (κ2) is 14.6. The molecule has 2 amide bonds. The van der Waals surface area contributed by atoms with Crippen LogP contribution in [-0.4, -0.2) is 34.3 Å². The third-order valence-corrected chi connectivity index (χ3v) is 8.40. The Morgan fingerprint density at radius 1 is 0.898 bits per heavy atom. The van der Waals surface area contributed by atoms with Crippen LogP contribution in [0.2, 0.25) is 0 Å². The summed E-state index contributed by atoms with van der Waals surface area (Å²) in [7, 11) is 0. The number of ether oxygens (including phenoxy) is 1. The van der Waals surface area contributed by atoms with Crippen LogP contribution in [0.15, 0.2) is 97.1 Å². The number of carbonyl (C=O) groups is 3. The highest BCUT2D eigenvalue weighted by Crippen LogP contribution is 2.36. The van der Waals surface area contributed by atoms with Crippen molar-refractivity contribution in [3.63, 3.8) is 0 Å². The van der Waals surface area contributed by atoms with E-state index in [1.807, 2.05) is 69.3 Å². The number of carbonyl (C=O) groups excluding carboxylic acids is 2. The topological polar surface area (TPSA) is 95.9 Å². The van der Waals surface area contributed by atoms with Gasteiger partial charge in [-0.3, -0.25) is 14.4 Å². The van der Waals surface area contributed by atoms with Gasteiger partial charge in [-0.15, -0.1) is 0 Å². The van der Waals surface area contributed by atoms with Crippen molar-refractivity contribution in [3.05, 3.63) is 125 Å². The summed E-state index contributed by atoms with van der Waals surface area (Å²) in [4.78, 5) is 41.5. The molecule has 2 atom stereocenters. The fourth-order valence-corrected chi connectivity index (χ4v) is 5.96. The number of aliphatic carboxylic acids is 1. The Labute approximate surface area is 283 Å². The monoisotopic (exact) mass is 672 g/mol. The number of halogens is 3. The van der Waals surface area contributed by atoms with Gasteiger partial charge in [0.2, 0.25) is 11.8 Å². The maximum atomic E-state index is 14.3. The fraction of sp³-hybridized carbons (Fsp3) is 0.308. The Bertz CT molecular complexity index is 1780. The molecule has 0 aliphatic carbocycles. The van der Waals surface area contributed by atoms with Crippen molar-refractivity contribution in [1.29, 1.82) is 0 Å². The zero-order chi connectivity index (χ0) is 35.3. The smallest absolute Gasteiger partial charge is 0.416 e. The first-order valence-corrected chi connectivity index (χ1v) is 16.1. The number of fused-ring (bicyclic) bond motifs is 1. The number of nitrogens with zero attached hydrogens (tertiary/aromatic N) is 1. The highest BCUT2D eigenvalue weighted by atomic mass is 19.4. The van der Waals surface area contributed by atoms with Crippen LogP contribution < -0.4 is 10.1 Å². The largest absolute Gasteiger partial charge is 0.489 e. The van der Waals surface area contributed by atoms with Crippen molar-refractivity contribution in [3.8, 4) is 16.9 Å². The molecule has 7 nitrogen and oxygen atoms in total. The van der Waals surface area contributed by atoms with Gasteiger partial charge in [0.25, 0.3) is 0 Å². The third-order valence-electron chi connectivity index (χ3n) is 8.40. The fourth-order valence-electron chi connectivity index (χ4n) is 5.96. The molecular weight excluding hydrogens is 633 g/mol. The number of benzene rings is 4. The van der Waals surface area contributed by atoms with Crippen LogP contribution in [0.1, 0.15) is 73.5 Å². The molecule has 0 saturated heterocycles. The highest BCUT2D eigenvalue weighted by molar-refractivity contribution is 5.90. The number of carboxylic acid groups (broad SMARTS) is 1. The summed E-state index contributed by atoms with van der Waals surface area (Å²) in [6.07, 6.45) is -4.13. The van der Waals surface area contributed by atoms with Crippen LogP contribution in [0.25, 0.3) is 11.1 Å². The Balaban J connectivity index is 1.43. The molecular formula is C39H39F3N2O5. The van der Waals surface area contributed by atoms with E-state index in [-0.39, 0.29) is 30.8 Å². The van der Waals surface area contributed by atoms with Crippen molar-refractivity contribution < 1.29 is 37.4 Å². The zero-order valence-electron chi connectivity index (χ0n) is 27.6. The Morgan fingerprint density at radius 3 is 2.16 bits per heavy atom. The van der Waals surface area contributed by atoms with Crippen LogP contribution in [0, 0.1) is 5.41 Å². The van der Waals surface area contributed by atoms with Gasteiger partial charge in [-0.2, -0.15) is 13.2 Å². The average molecular weight is 673 g/mol. The van der Waals surface area contributed by atoms with Gasteiger partial charge in [0.15, 0.2) is 0 Å². The number of carboxylic acids is 1. The second-order valence-corrected chi connectivity index (χ2v) is 13.5. The van der Waals surface area contributed by atoms with Gasteiger partial charge in [0, 0.05) is 13.0 Å². The molecule has 49 heavy (non-hydrogen) atoms. The first-order chi connectivity index (χ1) is 23.2. The number of amides is 2. The Morgan fingerprint density at radius 2 is 1.55 bits per heavy atom. The summed E-state index contributed by atoms with van der Waals surface area (Å²) in [6.45, 7) is 6.09. The molecule has 256 valence electrons. The average Bonchev–Trinajstić information content (AvgIpc) is 3.05. The van der Waals surface area contributed by atoms with Crippen LogP contribution in [0.4, 0.5) is 13.2 Å². The molecule has 0 saturated carbocycles. The van der Waals surface area contributed by atoms with E-state index in [2.05, 4.69) is 5.32 Å². The lowest BCUT2D eigenvalue weighted by Gasteiger charge is -2.38. The highest BCUT2D eigenvalue weighted by Gasteiger charge is 2.38. The molecule has 2 N–H and O–H groups in total. The molecule has 0 fully saturated rings. The minimum atomic E-state index is -4.45. The lowest BCUT2D eigenvalue weighted by atomic mass is 9.87. The van der Waals surface area contributed by atoms with Crippen LogP contribution in [0.3, 0.4) is 0 Å². The van der Waals surface area contributed by atoms with Crippen LogP contribution >= 0.6 is 0 Å². The lowest BCUT2D eigenvalue weighted by molar-refractivity contribution is -0.144. The minimum Gasteiger partial charge on any atom is -0.489 e. The van der Waals surface area contributed by atoms with Gasteiger partial charge >= 0.3 is 12.1 Å². The molecule has 10 heteroatoms. The molecule has 4 aromatic rings. The summed E-state index contributed by atoms with van der Waals surface area (Å²) in [5.41, 5.74) is 3.34. The standard InChI is InChI=1S/C39H39F3N2O5/c1-38(2,3)23-34(45)44-20-19-28-15-18-31(49-24-25-9-16-30(17-10-25)39(40,41)42)21-32(28)36(44)37(48)43-33(22-35(46)47)29-13-11-27(12-14-29)26-7-5-4-6-8-26/h4-18,21,33,36H,19-20,22-24H2,1-3H3,(H,43,48)(H,46,47). The van der Waals surface area contributed by atoms with E-state index < -0.39 is 35.7 Å². The Hall–Kier alpha value is -5.12. The van der Waals surface area contributed by atoms with E-state index in [1.54, 1.807) is 29.2 Å². The SMILES string of the molecule is CC(C)(C)CC(=O)N1CCc2ccc(OCc3ccc(C(F)(F)F)cc3)cc2C1C(=O)NC(CC(=O)O)c1ccc(-c2ccccc2)cc1. The molecule has 4 aromatic carbocycles. The zero-order valence-corrected chi connectivity index (χ0v) is 27.6.